The summed E-state index contributed by atoms with van der Waals surface area (Å²) in [5.41, 5.74) is -1.09. The Bertz CT molecular complexity index is 1400. The Hall–Kier alpha value is -2.16. The normalized spacial score (nSPS) is 33.8. The summed E-state index contributed by atoms with van der Waals surface area (Å²) in [5.74, 6) is -0.983. The van der Waals surface area contributed by atoms with Crippen molar-refractivity contribution in [1.29, 1.82) is 0 Å². The largest absolute Gasteiger partial charge is 0.450 e. The van der Waals surface area contributed by atoms with E-state index in [0.29, 0.717) is 79.7 Å². The first-order chi connectivity index (χ1) is 21.3. The van der Waals surface area contributed by atoms with Gasteiger partial charge in [-0.15, -0.1) is 23.2 Å². The molecule has 5 rings (SSSR count). The molecule has 246 valence electrons. The molecule has 0 aromatic heterocycles. The second kappa shape index (κ2) is 13.2. The van der Waals surface area contributed by atoms with E-state index in [1.165, 1.54) is 19.1 Å². The van der Waals surface area contributed by atoms with Crippen molar-refractivity contribution in [2.45, 2.75) is 77.5 Å². The number of Topliss-reactive ketones (excluding diaryl/α,β-unsaturated/α-hetero) is 1. The van der Waals surface area contributed by atoms with Crippen LogP contribution in [0.1, 0.15) is 76.1 Å². The molecule has 0 amide bonds. The summed E-state index contributed by atoms with van der Waals surface area (Å²) in [6, 6.07) is 4.64. The summed E-state index contributed by atoms with van der Waals surface area (Å²) in [6.45, 7) is 5.80. The summed E-state index contributed by atoms with van der Waals surface area (Å²) in [5, 5.41) is 0.415. The molecule has 45 heavy (non-hydrogen) atoms. The maximum Gasteiger partial charge on any atom is 0.345 e. The van der Waals surface area contributed by atoms with Crippen LogP contribution >= 0.6 is 34.8 Å². The number of carbonyl (C=O) groups excluding carboxylic acids is 4. The van der Waals surface area contributed by atoms with Crippen LogP contribution in [-0.2, 0) is 23.9 Å². The molecule has 0 spiro atoms. The third-order valence-electron chi connectivity index (χ3n) is 11.5. The Morgan fingerprint density at radius 2 is 1.73 bits per heavy atom. The predicted molar refractivity (Wildman–Crippen MR) is 172 cm³/mol. The van der Waals surface area contributed by atoms with E-state index in [4.69, 9.17) is 44.3 Å². The highest BCUT2D eigenvalue weighted by Crippen LogP contribution is 2.68. The molecule has 3 saturated carbocycles. The van der Waals surface area contributed by atoms with E-state index in [1.54, 1.807) is 12.1 Å². The number of ether oxygens (including phenoxy) is 2. The number of hydrogen-bond acceptors (Lipinski definition) is 7. The van der Waals surface area contributed by atoms with Gasteiger partial charge in [0.05, 0.1) is 16.3 Å². The minimum absolute atomic E-state index is 0.00290. The van der Waals surface area contributed by atoms with Gasteiger partial charge in [-0.25, -0.2) is 14.0 Å². The lowest BCUT2D eigenvalue weighted by Gasteiger charge is -2.59. The first-order valence-electron chi connectivity index (χ1n) is 15.8. The van der Waals surface area contributed by atoms with Crippen LogP contribution < -0.4 is 4.90 Å². The summed E-state index contributed by atoms with van der Waals surface area (Å²) >= 11 is 18.2. The van der Waals surface area contributed by atoms with Crippen molar-refractivity contribution in [3.05, 3.63) is 40.4 Å². The van der Waals surface area contributed by atoms with Gasteiger partial charge in [0.2, 0.25) is 0 Å². The SMILES string of the molecule is CC(=O)[C@@]1(OC(=O)COC(=O)c2ccc(Cl)c(N(CCCl)CCCl)c2)CC[C@H]2[C@@H]3CC(F)C4=CC(=O)CC[C@]4(C)[C@H]3CC[C@@]21C. The molecule has 4 aliphatic carbocycles. The van der Waals surface area contributed by atoms with E-state index in [1.807, 2.05) is 11.8 Å². The van der Waals surface area contributed by atoms with Crippen LogP contribution in [0.4, 0.5) is 10.1 Å². The van der Waals surface area contributed by atoms with Gasteiger partial charge in [0.25, 0.3) is 0 Å². The van der Waals surface area contributed by atoms with Gasteiger partial charge in [0, 0.05) is 36.7 Å². The third kappa shape index (κ3) is 5.93. The number of esters is 2. The molecular formula is C34H41Cl3FNO6. The zero-order chi connectivity index (χ0) is 32.7. The van der Waals surface area contributed by atoms with Crippen LogP contribution in [0.2, 0.25) is 5.02 Å². The third-order valence-corrected chi connectivity index (χ3v) is 12.1. The van der Waals surface area contributed by atoms with Gasteiger partial charge in [-0.2, -0.15) is 0 Å². The van der Waals surface area contributed by atoms with E-state index in [-0.39, 0.29) is 34.9 Å². The Labute approximate surface area is 279 Å². The maximum atomic E-state index is 15.7. The second-order valence-electron chi connectivity index (χ2n) is 13.5. The highest BCUT2D eigenvalue weighted by molar-refractivity contribution is 6.33. The maximum absolute atomic E-state index is 15.7. The van der Waals surface area contributed by atoms with Crippen molar-refractivity contribution in [1.82, 2.24) is 0 Å². The van der Waals surface area contributed by atoms with Crippen molar-refractivity contribution >= 4 is 64.0 Å². The van der Waals surface area contributed by atoms with Gasteiger partial charge >= 0.3 is 11.9 Å². The summed E-state index contributed by atoms with van der Waals surface area (Å²) < 4.78 is 27.1. The first kappa shape index (κ1) is 34.2. The Morgan fingerprint density at radius 3 is 2.40 bits per heavy atom. The van der Waals surface area contributed by atoms with Gasteiger partial charge in [-0.1, -0.05) is 25.4 Å². The standard InChI is InChI=1S/C34H41Cl3FNO6/c1-20(40)34(45-30(42)19-44-31(43)21-4-5-27(37)29(16-21)39(14-12-35)15-13-36)11-8-25-23-18-28(38)26-17-22(41)6-9-32(26,2)24(23)7-10-33(25,34)3/h4-5,16-17,23-25,28H,6-15,18-19H2,1-3H3/t23-,24+,25+,28?,32-,33+,34+/m1/s1. The molecule has 0 bridgehead atoms. The van der Waals surface area contributed by atoms with E-state index in [2.05, 4.69) is 6.92 Å². The number of alkyl halides is 3. The summed E-state index contributed by atoms with van der Waals surface area (Å²) in [6.07, 6.45) is 4.02. The fourth-order valence-electron chi connectivity index (χ4n) is 9.24. The molecule has 0 heterocycles. The molecular weight excluding hydrogens is 644 g/mol. The summed E-state index contributed by atoms with van der Waals surface area (Å²) in [4.78, 5) is 53.6. The number of halogens is 4. The van der Waals surface area contributed by atoms with Gasteiger partial charge in [0.1, 0.15) is 6.17 Å². The van der Waals surface area contributed by atoms with Crippen LogP contribution in [0.5, 0.6) is 0 Å². The van der Waals surface area contributed by atoms with E-state index in [0.717, 1.165) is 6.42 Å². The number of carbonyl (C=O) groups is 4. The number of allylic oxidation sites excluding steroid dienone is 1. The Morgan fingerprint density at radius 1 is 1.04 bits per heavy atom. The van der Waals surface area contributed by atoms with Crippen molar-refractivity contribution in [3.8, 4) is 0 Å². The number of anilines is 1. The van der Waals surface area contributed by atoms with E-state index >= 15 is 4.39 Å². The second-order valence-corrected chi connectivity index (χ2v) is 14.7. The van der Waals surface area contributed by atoms with Crippen LogP contribution in [0.25, 0.3) is 0 Å². The van der Waals surface area contributed by atoms with Crippen LogP contribution in [-0.4, -0.2) is 66.7 Å². The number of fused-ring (bicyclic) bond motifs is 5. The number of ketones is 2. The molecule has 7 nitrogen and oxygen atoms in total. The molecule has 0 saturated heterocycles. The smallest absolute Gasteiger partial charge is 0.345 e. The van der Waals surface area contributed by atoms with E-state index < -0.39 is 41.1 Å². The van der Waals surface area contributed by atoms with Crippen molar-refractivity contribution in [2.24, 2.45) is 28.6 Å². The lowest BCUT2D eigenvalue weighted by Crippen LogP contribution is -2.59. The molecule has 0 N–H and O–H groups in total. The van der Waals surface area contributed by atoms with Gasteiger partial charge < -0.3 is 14.4 Å². The lowest BCUT2D eigenvalue weighted by atomic mass is 9.46. The zero-order valence-electron chi connectivity index (χ0n) is 26.0. The molecule has 4 aliphatic rings. The average Bonchev–Trinajstić information content (AvgIpc) is 3.30. The number of hydrogen-bond donors (Lipinski definition) is 0. The molecule has 11 heteroatoms. The number of rotatable bonds is 10. The van der Waals surface area contributed by atoms with Gasteiger partial charge in [-0.3, -0.25) is 9.59 Å². The molecule has 7 atom stereocenters. The van der Waals surface area contributed by atoms with E-state index in [9.17, 15) is 19.2 Å². The molecule has 1 aromatic carbocycles. The molecule has 1 unspecified atom stereocenters. The van der Waals surface area contributed by atoms with Crippen molar-refractivity contribution in [2.75, 3.05) is 36.4 Å². The summed E-state index contributed by atoms with van der Waals surface area (Å²) in [7, 11) is 0. The fraction of sp³-hybridized carbons (Fsp3) is 0.647. The highest BCUT2D eigenvalue weighted by atomic mass is 35.5. The Balaban J connectivity index is 1.30. The van der Waals surface area contributed by atoms with Crippen LogP contribution in [0.15, 0.2) is 29.8 Å². The minimum Gasteiger partial charge on any atom is -0.450 e. The lowest BCUT2D eigenvalue weighted by molar-refractivity contribution is -0.191. The molecule has 0 aliphatic heterocycles. The Kier molecular flexibility index (Phi) is 9.99. The highest BCUT2D eigenvalue weighted by Gasteiger charge is 2.68. The fourth-order valence-corrected chi connectivity index (χ4v) is 9.89. The quantitative estimate of drug-likeness (QED) is 0.191. The zero-order valence-corrected chi connectivity index (χ0v) is 28.3. The molecule has 0 radical (unpaired) electrons. The number of nitrogens with zero attached hydrogens (tertiary/aromatic N) is 1. The topological polar surface area (TPSA) is 90.0 Å². The first-order valence-corrected chi connectivity index (χ1v) is 17.2. The van der Waals surface area contributed by atoms with Crippen molar-refractivity contribution in [3.63, 3.8) is 0 Å². The monoisotopic (exact) mass is 683 g/mol. The average molecular weight is 685 g/mol. The van der Waals surface area contributed by atoms with Gasteiger partial charge in [0.15, 0.2) is 23.8 Å². The molecule has 3 fully saturated rings. The molecule has 1 aromatic rings. The number of benzene rings is 1. The predicted octanol–water partition coefficient (Wildman–Crippen LogP) is 7.13. The van der Waals surface area contributed by atoms with Gasteiger partial charge in [-0.05, 0) is 98.5 Å². The van der Waals surface area contributed by atoms with Crippen molar-refractivity contribution < 1.29 is 33.0 Å². The van der Waals surface area contributed by atoms with Crippen LogP contribution in [0.3, 0.4) is 0 Å². The van der Waals surface area contributed by atoms with Crippen LogP contribution in [0, 0.1) is 28.6 Å². The minimum atomic E-state index is -1.39.